The molecule has 1 aliphatic heterocycles. The standard InChI is InChI=1S/C21H22ClN7O/c1-3-28-14(2)24-17-19(27-9-11-30-12-10-27)25-21(26-20(17)28)29-18(22)16(13-23-29)15-7-5-4-6-8-15/h4-8,13H,3,9-12H2,1-2H3. The minimum atomic E-state index is 0.436. The Balaban J connectivity index is 1.69. The molecule has 0 atom stereocenters. The van der Waals surface area contributed by atoms with Crippen molar-refractivity contribution >= 4 is 28.6 Å². The third-order valence-corrected chi connectivity index (χ3v) is 5.73. The fourth-order valence-corrected chi connectivity index (χ4v) is 4.11. The van der Waals surface area contributed by atoms with Crippen molar-refractivity contribution in [2.45, 2.75) is 20.4 Å². The topological polar surface area (TPSA) is 73.9 Å². The Labute approximate surface area is 179 Å². The Hall–Kier alpha value is -2.97. The molecule has 0 spiro atoms. The first kappa shape index (κ1) is 19.0. The molecule has 1 fully saturated rings. The van der Waals surface area contributed by atoms with Crippen LogP contribution in [0.3, 0.4) is 0 Å². The van der Waals surface area contributed by atoms with Gasteiger partial charge in [-0.1, -0.05) is 41.9 Å². The largest absolute Gasteiger partial charge is 0.378 e. The SMILES string of the molecule is CCn1c(C)nc2c(N3CCOCC3)nc(-n3ncc(-c4ccccc4)c3Cl)nc21. The van der Waals surface area contributed by atoms with Crippen molar-refractivity contribution < 1.29 is 4.74 Å². The molecule has 4 aromatic rings. The Morgan fingerprint density at radius 2 is 1.83 bits per heavy atom. The molecular formula is C21H22ClN7O. The lowest BCUT2D eigenvalue weighted by Crippen LogP contribution is -2.37. The van der Waals surface area contributed by atoms with E-state index in [1.807, 2.05) is 37.3 Å². The van der Waals surface area contributed by atoms with Gasteiger partial charge < -0.3 is 14.2 Å². The van der Waals surface area contributed by atoms with Gasteiger partial charge in [0.25, 0.3) is 5.95 Å². The number of aromatic nitrogens is 6. The van der Waals surface area contributed by atoms with E-state index in [1.54, 1.807) is 10.9 Å². The normalized spacial score (nSPS) is 14.6. The maximum Gasteiger partial charge on any atom is 0.256 e. The minimum absolute atomic E-state index is 0.436. The summed E-state index contributed by atoms with van der Waals surface area (Å²) < 4.78 is 9.20. The van der Waals surface area contributed by atoms with Crippen molar-refractivity contribution in [3.8, 4) is 17.1 Å². The molecule has 30 heavy (non-hydrogen) atoms. The number of morpholine rings is 1. The van der Waals surface area contributed by atoms with Gasteiger partial charge in [0.2, 0.25) is 0 Å². The Morgan fingerprint density at radius 1 is 1.07 bits per heavy atom. The molecule has 4 heterocycles. The molecule has 5 rings (SSSR count). The number of hydrogen-bond acceptors (Lipinski definition) is 6. The second-order valence-corrected chi connectivity index (χ2v) is 7.51. The lowest BCUT2D eigenvalue weighted by molar-refractivity contribution is 0.122. The third-order valence-electron chi connectivity index (χ3n) is 5.37. The van der Waals surface area contributed by atoms with Gasteiger partial charge in [-0.2, -0.15) is 19.7 Å². The highest BCUT2D eigenvalue weighted by Crippen LogP contribution is 2.31. The number of benzene rings is 1. The molecule has 9 heteroatoms. The van der Waals surface area contributed by atoms with Crippen LogP contribution in [0.2, 0.25) is 5.15 Å². The van der Waals surface area contributed by atoms with Gasteiger partial charge >= 0.3 is 0 Å². The summed E-state index contributed by atoms with van der Waals surface area (Å²) in [5, 5.41) is 4.98. The van der Waals surface area contributed by atoms with Gasteiger partial charge in [0.05, 0.1) is 19.4 Å². The number of fused-ring (bicyclic) bond motifs is 1. The van der Waals surface area contributed by atoms with E-state index in [4.69, 9.17) is 31.3 Å². The first-order valence-electron chi connectivity index (χ1n) is 10.0. The Bertz CT molecular complexity index is 1200. The van der Waals surface area contributed by atoms with E-state index in [-0.39, 0.29) is 0 Å². The van der Waals surface area contributed by atoms with Crippen LogP contribution in [-0.2, 0) is 11.3 Å². The quantitative estimate of drug-likeness (QED) is 0.500. The lowest BCUT2D eigenvalue weighted by atomic mass is 10.1. The first-order valence-corrected chi connectivity index (χ1v) is 10.4. The van der Waals surface area contributed by atoms with Crippen LogP contribution in [0.1, 0.15) is 12.7 Å². The van der Waals surface area contributed by atoms with E-state index in [9.17, 15) is 0 Å². The van der Waals surface area contributed by atoms with Crippen molar-refractivity contribution in [1.82, 2.24) is 29.3 Å². The third kappa shape index (κ3) is 3.12. The van der Waals surface area contributed by atoms with E-state index >= 15 is 0 Å². The molecule has 0 unspecified atom stereocenters. The maximum atomic E-state index is 6.73. The number of imidazole rings is 1. The predicted molar refractivity (Wildman–Crippen MR) is 116 cm³/mol. The second-order valence-electron chi connectivity index (χ2n) is 7.15. The zero-order chi connectivity index (χ0) is 20.7. The summed E-state index contributed by atoms with van der Waals surface area (Å²) in [5.74, 6) is 2.14. The monoisotopic (exact) mass is 423 g/mol. The molecule has 0 aliphatic carbocycles. The van der Waals surface area contributed by atoms with Crippen LogP contribution < -0.4 is 4.90 Å². The highest BCUT2D eigenvalue weighted by Gasteiger charge is 2.23. The predicted octanol–water partition coefficient (Wildman–Crippen LogP) is 3.50. The molecule has 154 valence electrons. The van der Waals surface area contributed by atoms with Crippen molar-refractivity contribution in [1.29, 1.82) is 0 Å². The Morgan fingerprint density at radius 3 is 2.57 bits per heavy atom. The number of nitrogens with zero attached hydrogens (tertiary/aromatic N) is 7. The van der Waals surface area contributed by atoms with E-state index in [0.29, 0.717) is 24.3 Å². The van der Waals surface area contributed by atoms with E-state index in [0.717, 1.165) is 53.6 Å². The van der Waals surface area contributed by atoms with Crippen LogP contribution in [0.15, 0.2) is 36.5 Å². The molecule has 1 saturated heterocycles. The summed E-state index contributed by atoms with van der Waals surface area (Å²) in [6.07, 6.45) is 1.75. The first-order chi connectivity index (χ1) is 14.7. The van der Waals surface area contributed by atoms with Gasteiger partial charge in [-0.25, -0.2) is 4.98 Å². The fourth-order valence-electron chi connectivity index (χ4n) is 3.84. The molecule has 0 amide bonds. The van der Waals surface area contributed by atoms with E-state index < -0.39 is 0 Å². The zero-order valence-electron chi connectivity index (χ0n) is 16.9. The number of anilines is 1. The Kier molecular flexibility index (Phi) is 4.88. The van der Waals surface area contributed by atoms with Crippen molar-refractivity contribution in [2.75, 3.05) is 31.2 Å². The van der Waals surface area contributed by atoms with Gasteiger partial charge in [-0.3, -0.25) is 0 Å². The van der Waals surface area contributed by atoms with Crippen molar-refractivity contribution in [3.05, 3.63) is 47.5 Å². The molecule has 0 bridgehead atoms. The van der Waals surface area contributed by atoms with Crippen molar-refractivity contribution in [2.24, 2.45) is 0 Å². The second kappa shape index (κ2) is 7.70. The highest BCUT2D eigenvalue weighted by atomic mass is 35.5. The molecule has 8 nitrogen and oxygen atoms in total. The number of aryl methyl sites for hydroxylation is 2. The zero-order valence-corrected chi connectivity index (χ0v) is 17.7. The summed E-state index contributed by atoms with van der Waals surface area (Å²) in [7, 11) is 0. The van der Waals surface area contributed by atoms with Crippen LogP contribution in [-0.4, -0.2) is 55.6 Å². The number of ether oxygens (including phenoxy) is 1. The number of hydrogen-bond donors (Lipinski definition) is 0. The molecule has 1 aromatic carbocycles. The molecule has 0 N–H and O–H groups in total. The van der Waals surface area contributed by atoms with Gasteiger partial charge in [0, 0.05) is 25.2 Å². The highest BCUT2D eigenvalue weighted by molar-refractivity contribution is 6.32. The van der Waals surface area contributed by atoms with Crippen LogP contribution in [0.4, 0.5) is 5.82 Å². The van der Waals surface area contributed by atoms with E-state index in [1.165, 1.54) is 0 Å². The van der Waals surface area contributed by atoms with Crippen LogP contribution >= 0.6 is 11.6 Å². The lowest BCUT2D eigenvalue weighted by Gasteiger charge is -2.28. The molecule has 0 radical (unpaired) electrons. The minimum Gasteiger partial charge on any atom is -0.378 e. The summed E-state index contributed by atoms with van der Waals surface area (Å²) in [5.41, 5.74) is 3.42. The summed E-state index contributed by atoms with van der Waals surface area (Å²) in [6.45, 7) is 7.67. The average molecular weight is 424 g/mol. The summed E-state index contributed by atoms with van der Waals surface area (Å²) >= 11 is 6.73. The summed E-state index contributed by atoms with van der Waals surface area (Å²) in [6, 6.07) is 9.94. The van der Waals surface area contributed by atoms with Crippen molar-refractivity contribution in [3.63, 3.8) is 0 Å². The number of halogens is 1. The van der Waals surface area contributed by atoms with Gasteiger partial charge in [-0.15, -0.1) is 0 Å². The van der Waals surface area contributed by atoms with Crippen LogP contribution in [0.25, 0.3) is 28.2 Å². The molecule has 0 saturated carbocycles. The fraction of sp³-hybridized carbons (Fsp3) is 0.333. The summed E-state index contributed by atoms with van der Waals surface area (Å²) in [4.78, 5) is 16.6. The smallest absolute Gasteiger partial charge is 0.256 e. The molecule has 1 aliphatic rings. The van der Waals surface area contributed by atoms with Gasteiger partial charge in [-0.05, 0) is 19.4 Å². The van der Waals surface area contributed by atoms with Gasteiger partial charge in [0.1, 0.15) is 11.0 Å². The maximum absolute atomic E-state index is 6.73. The van der Waals surface area contributed by atoms with E-state index in [2.05, 4.69) is 21.5 Å². The van der Waals surface area contributed by atoms with Gasteiger partial charge in [0.15, 0.2) is 17.0 Å². The average Bonchev–Trinajstić information content (AvgIpc) is 3.33. The molecule has 3 aromatic heterocycles. The van der Waals surface area contributed by atoms with Crippen LogP contribution in [0.5, 0.6) is 0 Å². The molecular weight excluding hydrogens is 402 g/mol. The van der Waals surface area contributed by atoms with Crippen LogP contribution in [0, 0.1) is 6.92 Å². The number of rotatable bonds is 4.